The molecule has 1 fully saturated rings. The smallest absolute Gasteiger partial charge is 0.420 e. The highest BCUT2D eigenvalue weighted by Gasteiger charge is 2.36. The first-order valence-electron chi connectivity index (χ1n) is 8.02. The second-order valence-electron chi connectivity index (χ2n) is 5.93. The third-order valence-electron chi connectivity index (χ3n) is 3.94. The lowest BCUT2D eigenvalue weighted by molar-refractivity contribution is -0.139. The Morgan fingerprint density at radius 2 is 2.07 bits per heavy atom. The standard InChI is InChI=1S/C16H16F5N5O/c17-10-6-23-4-3-13(10)27-12-2-1-8(5-9(12)16(19,20)21)25-15-24-7-11(18)14(22)26-15/h1-2,5,7,10,13,23H,3-4,6H2,(H3,22,24,25,26)/t10-,13-/m0/s1. The Bertz CT molecular complexity index is 816. The molecule has 2 aromatic rings. The first kappa shape index (κ1) is 19.1. The molecule has 3 rings (SSSR count). The van der Waals surface area contributed by atoms with Crippen molar-refractivity contribution in [3.05, 3.63) is 35.8 Å². The van der Waals surface area contributed by atoms with Gasteiger partial charge in [0.25, 0.3) is 0 Å². The largest absolute Gasteiger partial charge is 0.487 e. The topological polar surface area (TPSA) is 85.1 Å². The molecule has 2 heterocycles. The molecule has 27 heavy (non-hydrogen) atoms. The number of nitrogens with one attached hydrogen (secondary N) is 2. The molecule has 0 unspecified atom stereocenters. The molecule has 0 saturated carbocycles. The van der Waals surface area contributed by atoms with Gasteiger partial charge in [-0.25, -0.2) is 13.8 Å². The van der Waals surface area contributed by atoms with Crippen LogP contribution in [0.1, 0.15) is 12.0 Å². The number of piperidine rings is 1. The molecular formula is C16H16F5N5O. The molecule has 2 atom stereocenters. The molecule has 0 aliphatic carbocycles. The summed E-state index contributed by atoms with van der Waals surface area (Å²) < 4.78 is 72.5. The maximum Gasteiger partial charge on any atom is 0.420 e. The SMILES string of the molecule is Nc1nc(Nc2ccc(O[C@H]3CCNC[C@@H]3F)c(C(F)(F)F)c2)ncc1F. The van der Waals surface area contributed by atoms with E-state index in [0.717, 1.165) is 18.3 Å². The van der Waals surface area contributed by atoms with E-state index in [2.05, 4.69) is 20.6 Å². The number of anilines is 3. The summed E-state index contributed by atoms with van der Waals surface area (Å²) in [6.07, 6.45) is -6.06. The van der Waals surface area contributed by atoms with Crippen LogP contribution in [0.25, 0.3) is 0 Å². The number of ether oxygens (including phenoxy) is 1. The zero-order valence-corrected chi connectivity index (χ0v) is 13.9. The molecule has 1 aromatic carbocycles. The molecule has 11 heteroatoms. The summed E-state index contributed by atoms with van der Waals surface area (Å²) in [6, 6.07) is 3.17. The zero-order chi connectivity index (χ0) is 19.6. The first-order chi connectivity index (χ1) is 12.7. The molecule has 6 nitrogen and oxygen atoms in total. The van der Waals surface area contributed by atoms with Gasteiger partial charge in [0.15, 0.2) is 11.6 Å². The molecule has 1 saturated heterocycles. The number of hydrogen-bond acceptors (Lipinski definition) is 6. The third kappa shape index (κ3) is 4.54. The number of nitrogens with zero attached hydrogens (tertiary/aromatic N) is 2. The van der Waals surface area contributed by atoms with Crippen molar-refractivity contribution in [3.8, 4) is 5.75 Å². The van der Waals surface area contributed by atoms with Crippen LogP contribution in [-0.4, -0.2) is 35.3 Å². The summed E-state index contributed by atoms with van der Waals surface area (Å²) in [5.41, 5.74) is 4.22. The fourth-order valence-corrected chi connectivity index (χ4v) is 2.59. The van der Waals surface area contributed by atoms with Gasteiger partial charge in [0.1, 0.15) is 18.0 Å². The van der Waals surface area contributed by atoms with Crippen molar-refractivity contribution < 1.29 is 26.7 Å². The number of halogens is 5. The summed E-state index contributed by atoms with van der Waals surface area (Å²) in [4.78, 5) is 7.20. The molecular weight excluding hydrogens is 373 g/mol. The van der Waals surface area contributed by atoms with E-state index in [1.165, 1.54) is 6.07 Å². The fourth-order valence-electron chi connectivity index (χ4n) is 2.59. The van der Waals surface area contributed by atoms with Crippen LogP contribution < -0.4 is 21.1 Å². The number of nitrogens with two attached hydrogens (primary N) is 1. The van der Waals surface area contributed by atoms with Gasteiger partial charge < -0.3 is 21.1 Å². The lowest BCUT2D eigenvalue weighted by Crippen LogP contribution is -2.44. The first-order valence-corrected chi connectivity index (χ1v) is 8.02. The van der Waals surface area contributed by atoms with Gasteiger partial charge in [-0.15, -0.1) is 0 Å². The maximum atomic E-state index is 13.9. The minimum Gasteiger partial charge on any atom is -0.487 e. The van der Waals surface area contributed by atoms with Crippen LogP contribution in [0, 0.1) is 5.82 Å². The van der Waals surface area contributed by atoms with Crippen LogP contribution in [0.4, 0.5) is 39.4 Å². The molecule has 0 amide bonds. The number of alkyl halides is 4. The van der Waals surface area contributed by atoms with Gasteiger partial charge in [0, 0.05) is 12.2 Å². The van der Waals surface area contributed by atoms with Crippen molar-refractivity contribution in [2.24, 2.45) is 0 Å². The molecule has 1 aromatic heterocycles. The van der Waals surface area contributed by atoms with E-state index >= 15 is 0 Å². The van der Waals surface area contributed by atoms with Gasteiger partial charge in [0.2, 0.25) is 5.95 Å². The van der Waals surface area contributed by atoms with Crippen LogP contribution in [0.15, 0.2) is 24.4 Å². The average molecular weight is 389 g/mol. The fraction of sp³-hybridized carbons (Fsp3) is 0.375. The third-order valence-corrected chi connectivity index (χ3v) is 3.94. The molecule has 146 valence electrons. The quantitative estimate of drug-likeness (QED) is 0.697. The number of benzene rings is 1. The van der Waals surface area contributed by atoms with E-state index in [4.69, 9.17) is 10.5 Å². The van der Waals surface area contributed by atoms with E-state index in [0.29, 0.717) is 6.54 Å². The number of rotatable bonds is 4. The van der Waals surface area contributed by atoms with Crippen molar-refractivity contribution >= 4 is 17.5 Å². The van der Waals surface area contributed by atoms with E-state index in [1.54, 1.807) is 0 Å². The van der Waals surface area contributed by atoms with Crippen LogP contribution >= 0.6 is 0 Å². The zero-order valence-electron chi connectivity index (χ0n) is 13.9. The van der Waals surface area contributed by atoms with Gasteiger partial charge >= 0.3 is 6.18 Å². The highest BCUT2D eigenvalue weighted by Crippen LogP contribution is 2.39. The Kier molecular flexibility index (Phi) is 5.31. The average Bonchev–Trinajstić information content (AvgIpc) is 2.60. The van der Waals surface area contributed by atoms with Gasteiger partial charge in [-0.3, -0.25) is 0 Å². The predicted octanol–water partition coefficient (Wildman–Crippen LogP) is 3.04. The Morgan fingerprint density at radius 3 is 2.74 bits per heavy atom. The normalized spacial score (nSPS) is 20.3. The number of hydrogen-bond donors (Lipinski definition) is 3. The van der Waals surface area contributed by atoms with Gasteiger partial charge in [-0.1, -0.05) is 0 Å². The molecule has 0 spiro atoms. The van der Waals surface area contributed by atoms with E-state index < -0.39 is 41.4 Å². The highest BCUT2D eigenvalue weighted by atomic mass is 19.4. The van der Waals surface area contributed by atoms with Crippen LogP contribution in [0.3, 0.4) is 0 Å². The number of nitrogen functional groups attached to an aromatic ring is 1. The van der Waals surface area contributed by atoms with Gasteiger partial charge in [-0.05, 0) is 31.2 Å². The van der Waals surface area contributed by atoms with E-state index in [1.807, 2.05) is 0 Å². The molecule has 0 bridgehead atoms. The second kappa shape index (κ2) is 7.51. The molecule has 4 N–H and O–H groups in total. The molecule has 1 aliphatic heterocycles. The van der Waals surface area contributed by atoms with Crippen LogP contribution in [-0.2, 0) is 6.18 Å². The Balaban J connectivity index is 1.86. The van der Waals surface area contributed by atoms with Gasteiger partial charge in [0.05, 0.1) is 11.8 Å². The minimum absolute atomic E-state index is 0.0113. The Morgan fingerprint density at radius 1 is 1.30 bits per heavy atom. The van der Waals surface area contributed by atoms with Crippen LogP contribution in [0.5, 0.6) is 5.75 Å². The predicted molar refractivity (Wildman–Crippen MR) is 87.9 cm³/mol. The van der Waals surface area contributed by atoms with Crippen LogP contribution in [0.2, 0.25) is 0 Å². The van der Waals surface area contributed by atoms with Crippen molar-refractivity contribution in [1.82, 2.24) is 15.3 Å². The Hall–Kier alpha value is -2.69. The summed E-state index contributed by atoms with van der Waals surface area (Å²) in [7, 11) is 0. The monoisotopic (exact) mass is 389 g/mol. The van der Waals surface area contributed by atoms with Crippen molar-refractivity contribution in [2.45, 2.75) is 24.9 Å². The summed E-state index contributed by atoms with van der Waals surface area (Å²) in [5.74, 6) is -1.92. The Labute approximate surface area is 150 Å². The lowest BCUT2D eigenvalue weighted by atomic mass is 10.1. The highest BCUT2D eigenvalue weighted by molar-refractivity contribution is 5.58. The van der Waals surface area contributed by atoms with E-state index in [9.17, 15) is 22.0 Å². The van der Waals surface area contributed by atoms with Crippen molar-refractivity contribution in [2.75, 3.05) is 24.1 Å². The molecule has 0 radical (unpaired) electrons. The summed E-state index contributed by atoms with van der Waals surface area (Å²) in [5, 5.41) is 5.32. The van der Waals surface area contributed by atoms with Crippen molar-refractivity contribution in [1.29, 1.82) is 0 Å². The van der Waals surface area contributed by atoms with E-state index in [-0.39, 0.29) is 24.6 Å². The number of aromatic nitrogens is 2. The maximum absolute atomic E-state index is 13.9. The second-order valence-corrected chi connectivity index (χ2v) is 5.93. The van der Waals surface area contributed by atoms with Crippen molar-refractivity contribution in [3.63, 3.8) is 0 Å². The summed E-state index contributed by atoms with van der Waals surface area (Å²) in [6.45, 7) is 0.477. The minimum atomic E-state index is -4.73. The van der Waals surface area contributed by atoms with Gasteiger partial charge in [-0.2, -0.15) is 18.2 Å². The summed E-state index contributed by atoms with van der Waals surface area (Å²) >= 11 is 0. The lowest BCUT2D eigenvalue weighted by Gasteiger charge is -2.28. The molecule has 1 aliphatic rings.